The van der Waals surface area contributed by atoms with Crippen molar-refractivity contribution in [2.45, 2.75) is 52.5 Å². The summed E-state index contributed by atoms with van der Waals surface area (Å²) in [6, 6.07) is 0. The Balaban J connectivity index is 1.75. The summed E-state index contributed by atoms with van der Waals surface area (Å²) in [6.07, 6.45) is 7.33. The van der Waals surface area contributed by atoms with Gasteiger partial charge in [-0.05, 0) is 38.3 Å². The molecule has 5 nitrogen and oxygen atoms in total. The Bertz CT molecular complexity index is 461. The van der Waals surface area contributed by atoms with E-state index in [9.17, 15) is 4.79 Å². The number of hydrogen-bond acceptors (Lipinski definition) is 3. The van der Waals surface area contributed by atoms with E-state index in [1.54, 1.807) is 0 Å². The van der Waals surface area contributed by atoms with E-state index < -0.39 is 0 Å². The number of rotatable bonds is 7. The molecule has 0 bridgehead atoms. The van der Waals surface area contributed by atoms with E-state index >= 15 is 0 Å². The minimum atomic E-state index is 0.164. The summed E-state index contributed by atoms with van der Waals surface area (Å²) >= 11 is 0. The van der Waals surface area contributed by atoms with E-state index in [1.165, 1.54) is 5.82 Å². The maximum atomic E-state index is 11.8. The van der Waals surface area contributed by atoms with Crippen molar-refractivity contribution in [3.63, 3.8) is 0 Å². The minimum absolute atomic E-state index is 0.164. The van der Waals surface area contributed by atoms with Crippen molar-refractivity contribution in [2.24, 2.45) is 5.92 Å². The second-order valence-corrected chi connectivity index (χ2v) is 6.66. The molecule has 1 aromatic heterocycles. The van der Waals surface area contributed by atoms with Crippen LogP contribution in [0.4, 0.5) is 0 Å². The van der Waals surface area contributed by atoms with Gasteiger partial charge in [0.2, 0.25) is 5.91 Å². The zero-order valence-corrected chi connectivity index (χ0v) is 14.2. The number of piperidine rings is 1. The maximum absolute atomic E-state index is 11.8. The van der Waals surface area contributed by atoms with Gasteiger partial charge in [-0.15, -0.1) is 0 Å². The van der Waals surface area contributed by atoms with Gasteiger partial charge in [-0.2, -0.15) is 0 Å². The van der Waals surface area contributed by atoms with Crippen molar-refractivity contribution in [2.75, 3.05) is 26.2 Å². The highest BCUT2D eigenvalue weighted by Gasteiger charge is 2.22. The number of likely N-dealkylation sites (tertiary alicyclic amines) is 1. The number of carbonyl (C=O) groups is 1. The zero-order chi connectivity index (χ0) is 15.9. The molecule has 1 aliphatic heterocycles. The Hall–Kier alpha value is -1.36. The highest BCUT2D eigenvalue weighted by atomic mass is 16.2. The Morgan fingerprint density at radius 2 is 2.14 bits per heavy atom. The molecule has 0 aliphatic carbocycles. The third kappa shape index (κ3) is 4.83. The molecule has 1 fully saturated rings. The second kappa shape index (κ2) is 8.32. The molecule has 0 atom stereocenters. The van der Waals surface area contributed by atoms with Gasteiger partial charge in [0.15, 0.2) is 0 Å². The first-order chi connectivity index (χ1) is 10.6. The average molecular weight is 306 g/mol. The minimum Gasteiger partial charge on any atom is -0.355 e. The lowest BCUT2D eigenvalue weighted by Crippen LogP contribution is -2.42. The van der Waals surface area contributed by atoms with Gasteiger partial charge in [0.05, 0.1) is 6.54 Å². The lowest BCUT2D eigenvalue weighted by atomic mass is 9.96. The van der Waals surface area contributed by atoms with Crippen LogP contribution >= 0.6 is 0 Å². The summed E-state index contributed by atoms with van der Waals surface area (Å²) < 4.78 is 2.30. The molecule has 0 aromatic carbocycles. The largest absolute Gasteiger partial charge is 0.355 e. The molecular formula is C17H30N4O. The van der Waals surface area contributed by atoms with Crippen molar-refractivity contribution in [1.82, 2.24) is 19.8 Å². The fraction of sp³-hybridized carbons (Fsp3) is 0.765. The van der Waals surface area contributed by atoms with Gasteiger partial charge in [-0.25, -0.2) is 4.98 Å². The highest BCUT2D eigenvalue weighted by Crippen LogP contribution is 2.21. The molecule has 0 saturated carbocycles. The molecule has 0 spiro atoms. The molecular weight excluding hydrogens is 276 g/mol. The lowest BCUT2D eigenvalue weighted by molar-refractivity contribution is -0.122. The van der Waals surface area contributed by atoms with E-state index in [-0.39, 0.29) is 5.91 Å². The number of hydrogen-bond donors (Lipinski definition) is 1. The molecule has 1 aromatic rings. The van der Waals surface area contributed by atoms with Crippen LogP contribution in [0.25, 0.3) is 0 Å². The van der Waals surface area contributed by atoms with Gasteiger partial charge >= 0.3 is 0 Å². The standard InChI is InChI=1S/C17H30N4O/c1-4-7-18-16(22)13-20-9-5-15(6-10-20)12-21-11-8-19-17(21)14(2)3/h8,11,14-15H,4-7,9-10,12-13H2,1-3H3,(H,18,22). The van der Waals surface area contributed by atoms with Crippen LogP contribution in [0, 0.1) is 5.92 Å². The van der Waals surface area contributed by atoms with Gasteiger partial charge in [-0.3, -0.25) is 9.69 Å². The Labute approximate surface area is 134 Å². The predicted octanol–water partition coefficient (Wildman–Crippen LogP) is 2.24. The monoisotopic (exact) mass is 306 g/mol. The van der Waals surface area contributed by atoms with Crippen LogP contribution in [0.15, 0.2) is 12.4 Å². The molecule has 1 amide bonds. The molecule has 0 unspecified atom stereocenters. The first-order valence-electron chi connectivity index (χ1n) is 8.60. The number of imidazole rings is 1. The van der Waals surface area contributed by atoms with Crippen molar-refractivity contribution in [3.05, 3.63) is 18.2 Å². The molecule has 1 N–H and O–H groups in total. The number of aromatic nitrogens is 2. The molecule has 1 saturated heterocycles. The fourth-order valence-corrected chi connectivity index (χ4v) is 3.10. The van der Waals surface area contributed by atoms with Crippen molar-refractivity contribution < 1.29 is 4.79 Å². The third-order valence-corrected chi connectivity index (χ3v) is 4.37. The highest BCUT2D eigenvalue weighted by molar-refractivity contribution is 5.77. The van der Waals surface area contributed by atoms with Crippen LogP contribution in [0.5, 0.6) is 0 Å². The van der Waals surface area contributed by atoms with E-state index in [1.807, 2.05) is 6.20 Å². The quantitative estimate of drug-likeness (QED) is 0.840. The summed E-state index contributed by atoms with van der Waals surface area (Å²) in [5.74, 6) is 2.51. The van der Waals surface area contributed by atoms with Gasteiger partial charge < -0.3 is 9.88 Å². The van der Waals surface area contributed by atoms with E-state index in [0.717, 1.165) is 45.4 Å². The average Bonchev–Trinajstić information content (AvgIpc) is 2.95. The molecule has 0 radical (unpaired) electrons. The number of amides is 1. The van der Waals surface area contributed by atoms with Gasteiger partial charge in [0.1, 0.15) is 5.82 Å². The van der Waals surface area contributed by atoms with Crippen LogP contribution in [0.3, 0.4) is 0 Å². The van der Waals surface area contributed by atoms with Crippen LogP contribution in [-0.2, 0) is 11.3 Å². The SMILES string of the molecule is CCCNC(=O)CN1CCC(Cn2ccnc2C(C)C)CC1. The first-order valence-corrected chi connectivity index (χ1v) is 8.60. The normalized spacial score (nSPS) is 17.1. The van der Waals surface area contributed by atoms with E-state index in [4.69, 9.17) is 0 Å². The van der Waals surface area contributed by atoms with E-state index in [2.05, 4.69) is 46.7 Å². The summed E-state index contributed by atoms with van der Waals surface area (Å²) in [7, 11) is 0. The van der Waals surface area contributed by atoms with Crippen LogP contribution in [0.1, 0.15) is 51.8 Å². The molecule has 124 valence electrons. The lowest BCUT2D eigenvalue weighted by Gasteiger charge is -2.32. The second-order valence-electron chi connectivity index (χ2n) is 6.66. The summed E-state index contributed by atoms with van der Waals surface area (Å²) in [4.78, 5) is 18.5. The molecule has 22 heavy (non-hydrogen) atoms. The van der Waals surface area contributed by atoms with Crippen LogP contribution in [0.2, 0.25) is 0 Å². The Morgan fingerprint density at radius 1 is 1.41 bits per heavy atom. The van der Waals surface area contributed by atoms with Gasteiger partial charge in [-0.1, -0.05) is 20.8 Å². The smallest absolute Gasteiger partial charge is 0.234 e. The molecule has 5 heteroatoms. The number of carbonyl (C=O) groups excluding carboxylic acids is 1. The zero-order valence-electron chi connectivity index (χ0n) is 14.2. The van der Waals surface area contributed by atoms with Crippen molar-refractivity contribution in [1.29, 1.82) is 0 Å². The third-order valence-electron chi connectivity index (χ3n) is 4.37. The summed E-state index contributed by atoms with van der Waals surface area (Å²) in [5.41, 5.74) is 0. The topological polar surface area (TPSA) is 50.2 Å². The van der Waals surface area contributed by atoms with Gasteiger partial charge in [0.25, 0.3) is 0 Å². The van der Waals surface area contributed by atoms with Gasteiger partial charge in [0, 0.05) is 31.4 Å². The maximum Gasteiger partial charge on any atom is 0.234 e. The molecule has 1 aliphatic rings. The van der Waals surface area contributed by atoms with E-state index in [0.29, 0.717) is 18.4 Å². The molecule has 2 rings (SSSR count). The van der Waals surface area contributed by atoms with Crippen LogP contribution in [-0.4, -0.2) is 46.5 Å². The predicted molar refractivity (Wildman–Crippen MR) is 88.8 cm³/mol. The number of nitrogens with one attached hydrogen (secondary N) is 1. The Morgan fingerprint density at radius 3 is 2.77 bits per heavy atom. The first kappa shape index (κ1) is 17.0. The van der Waals surface area contributed by atoms with Crippen LogP contribution < -0.4 is 5.32 Å². The molecule has 2 heterocycles. The number of nitrogens with zero attached hydrogens (tertiary/aromatic N) is 3. The fourth-order valence-electron chi connectivity index (χ4n) is 3.10. The summed E-state index contributed by atoms with van der Waals surface area (Å²) in [5, 5.41) is 2.95. The Kier molecular flexibility index (Phi) is 6.43. The van der Waals surface area contributed by atoms with Crippen molar-refractivity contribution >= 4 is 5.91 Å². The van der Waals surface area contributed by atoms with Crippen molar-refractivity contribution in [3.8, 4) is 0 Å². The summed E-state index contributed by atoms with van der Waals surface area (Å²) in [6.45, 7) is 10.9.